The molecule has 2 aromatic carbocycles. The molecule has 5 heteroatoms. The van der Waals surface area contributed by atoms with Crippen molar-refractivity contribution in [3.05, 3.63) is 71.0 Å². The Kier molecular flexibility index (Phi) is 5.42. The molecule has 0 bridgehead atoms. The normalized spacial score (nSPS) is 18.9. The molecule has 1 heterocycles. The van der Waals surface area contributed by atoms with E-state index in [0.717, 1.165) is 36.1 Å². The third-order valence-electron chi connectivity index (χ3n) is 5.67. The lowest BCUT2D eigenvalue weighted by Gasteiger charge is -2.32. The van der Waals surface area contributed by atoms with E-state index in [1.807, 2.05) is 17.0 Å². The van der Waals surface area contributed by atoms with E-state index in [9.17, 15) is 9.18 Å². The smallest absolute Gasteiger partial charge is 0.226 e. The molecule has 1 amide bonds. The van der Waals surface area contributed by atoms with E-state index in [1.165, 1.54) is 17.7 Å². The Bertz CT molecular complexity index is 874. The van der Waals surface area contributed by atoms with Gasteiger partial charge in [0.15, 0.2) is 6.10 Å². The van der Waals surface area contributed by atoms with Gasteiger partial charge in [-0.3, -0.25) is 4.79 Å². The summed E-state index contributed by atoms with van der Waals surface area (Å²) in [7, 11) is 0. The fraction of sp³-hybridized carbons (Fsp3) is 0.391. The number of oxime groups is 1. The van der Waals surface area contributed by atoms with Crippen molar-refractivity contribution in [3.8, 4) is 0 Å². The van der Waals surface area contributed by atoms with Gasteiger partial charge in [-0.25, -0.2) is 4.39 Å². The number of benzene rings is 2. The van der Waals surface area contributed by atoms with Crippen molar-refractivity contribution in [2.45, 2.75) is 45.3 Å². The van der Waals surface area contributed by atoms with Crippen LogP contribution >= 0.6 is 0 Å². The van der Waals surface area contributed by atoms with Crippen molar-refractivity contribution in [2.24, 2.45) is 11.1 Å². The Morgan fingerprint density at radius 3 is 2.61 bits per heavy atom. The monoisotopic (exact) mass is 380 g/mol. The highest BCUT2D eigenvalue weighted by atomic mass is 19.1. The van der Waals surface area contributed by atoms with Gasteiger partial charge in [-0.2, -0.15) is 0 Å². The van der Waals surface area contributed by atoms with Crippen LogP contribution in [-0.4, -0.2) is 29.2 Å². The van der Waals surface area contributed by atoms with E-state index >= 15 is 0 Å². The molecule has 4 rings (SSSR count). The first-order chi connectivity index (χ1) is 13.6. The SMILES string of the molecule is Cc1ccccc1C1=NO[C@H](CN(Cc2ccc(F)cc2)C(=O)C2CCC2)C1. The molecule has 0 aromatic heterocycles. The van der Waals surface area contributed by atoms with E-state index < -0.39 is 0 Å². The summed E-state index contributed by atoms with van der Waals surface area (Å²) in [5.41, 5.74) is 4.12. The molecule has 1 aliphatic carbocycles. The first-order valence-corrected chi connectivity index (χ1v) is 9.92. The quantitative estimate of drug-likeness (QED) is 0.743. The highest BCUT2D eigenvalue weighted by Gasteiger charge is 2.33. The molecule has 1 aliphatic heterocycles. The summed E-state index contributed by atoms with van der Waals surface area (Å²) in [5.74, 6) is 0.0122. The predicted molar refractivity (Wildman–Crippen MR) is 106 cm³/mol. The average Bonchev–Trinajstić information content (AvgIpc) is 3.10. The van der Waals surface area contributed by atoms with Crippen LogP contribution in [0.1, 0.15) is 42.4 Å². The fourth-order valence-electron chi connectivity index (χ4n) is 3.78. The zero-order valence-corrected chi connectivity index (χ0v) is 16.1. The molecule has 0 unspecified atom stereocenters. The number of rotatable bonds is 6. The Balaban J connectivity index is 1.44. The van der Waals surface area contributed by atoms with Gasteiger partial charge in [0.05, 0.1) is 12.3 Å². The number of aryl methyl sites for hydroxylation is 1. The summed E-state index contributed by atoms with van der Waals surface area (Å²) >= 11 is 0. The molecule has 4 nitrogen and oxygen atoms in total. The van der Waals surface area contributed by atoms with Gasteiger partial charge in [0, 0.05) is 24.4 Å². The van der Waals surface area contributed by atoms with Crippen molar-refractivity contribution in [3.63, 3.8) is 0 Å². The Labute approximate surface area is 165 Å². The van der Waals surface area contributed by atoms with Crippen LogP contribution in [0.2, 0.25) is 0 Å². The van der Waals surface area contributed by atoms with Crippen molar-refractivity contribution in [1.82, 2.24) is 4.90 Å². The Morgan fingerprint density at radius 2 is 1.93 bits per heavy atom. The van der Waals surface area contributed by atoms with Crippen LogP contribution in [0, 0.1) is 18.7 Å². The van der Waals surface area contributed by atoms with E-state index in [-0.39, 0.29) is 23.7 Å². The Hall–Kier alpha value is -2.69. The molecule has 1 saturated carbocycles. The van der Waals surface area contributed by atoms with Crippen molar-refractivity contribution >= 4 is 11.6 Å². The second-order valence-electron chi connectivity index (χ2n) is 7.76. The number of amides is 1. The van der Waals surface area contributed by atoms with Crippen LogP contribution < -0.4 is 0 Å². The van der Waals surface area contributed by atoms with Gasteiger partial charge in [0.2, 0.25) is 5.91 Å². The molecule has 1 atom stereocenters. The number of hydrogen-bond donors (Lipinski definition) is 0. The minimum atomic E-state index is -0.268. The summed E-state index contributed by atoms with van der Waals surface area (Å²) in [6, 6.07) is 14.5. The minimum absolute atomic E-state index is 0.110. The molecule has 0 spiro atoms. The number of nitrogens with zero attached hydrogens (tertiary/aromatic N) is 2. The average molecular weight is 380 g/mol. The van der Waals surface area contributed by atoms with Gasteiger partial charge >= 0.3 is 0 Å². The van der Waals surface area contributed by atoms with E-state index in [2.05, 4.69) is 24.2 Å². The lowest BCUT2D eigenvalue weighted by atomic mass is 9.84. The number of halogens is 1. The molecule has 0 radical (unpaired) electrons. The lowest BCUT2D eigenvalue weighted by molar-refractivity contribution is -0.140. The molecule has 146 valence electrons. The highest BCUT2D eigenvalue weighted by Crippen LogP contribution is 2.30. The molecule has 2 aromatic rings. The third kappa shape index (κ3) is 4.08. The lowest BCUT2D eigenvalue weighted by Crippen LogP contribution is -2.42. The second kappa shape index (κ2) is 8.13. The first-order valence-electron chi connectivity index (χ1n) is 9.92. The number of carbonyl (C=O) groups excluding carboxylic acids is 1. The third-order valence-corrected chi connectivity index (χ3v) is 5.67. The van der Waals surface area contributed by atoms with Crippen LogP contribution in [0.4, 0.5) is 4.39 Å². The summed E-state index contributed by atoms with van der Waals surface area (Å²) in [5, 5.41) is 4.29. The van der Waals surface area contributed by atoms with E-state index in [4.69, 9.17) is 4.84 Å². The summed E-state index contributed by atoms with van der Waals surface area (Å²) in [6.45, 7) is 3.02. The summed E-state index contributed by atoms with van der Waals surface area (Å²) < 4.78 is 13.2. The van der Waals surface area contributed by atoms with Crippen LogP contribution in [-0.2, 0) is 16.2 Å². The van der Waals surface area contributed by atoms with Gasteiger partial charge in [0.1, 0.15) is 5.82 Å². The molecule has 0 N–H and O–H groups in total. The predicted octanol–water partition coefficient (Wildman–Crippen LogP) is 4.46. The largest absolute Gasteiger partial charge is 0.390 e. The topological polar surface area (TPSA) is 41.9 Å². The molecule has 28 heavy (non-hydrogen) atoms. The first kappa shape index (κ1) is 18.7. The molecule has 0 saturated heterocycles. The van der Waals surface area contributed by atoms with E-state index in [0.29, 0.717) is 19.5 Å². The van der Waals surface area contributed by atoms with Gasteiger partial charge in [-0.1, -0.05) is 48.0 Å². The molecule has 2 aliphatic rings. The number of carbonyl (C=O) groups is 1. The van der Waals surface area contributed by atoms with Crippen LogP contribution in [0.25, 0.3) is 0 Å². The highest BCUT2D eigenvalue weighted by molar-refractivity contribution is 6.02. The zero-order valence-electron chi connectivity index (χ0n) is 16.1. The van der Waals surface area contributed by atoms with Crippen LogP contribution in [0.5, 0.6) is 0 Å². The molecule has 1 fully saturated rings. The van der Waals surface area contributed by atoms with Gasteiger partial charge in [-0.15, -0.1) is 0 Å². The minimum Gasteiger partial charge on any atom is -0.390 e. The number of hydrogen-bond acceptors (Lipinski definition) is 3. The summed E-state index contributed by atoms with van der Waals surface area (Å²) in [4.78, 5) is 20.5. The van der Waals surface area contributed by atoms with E-state index in [1.54, 1.807) is 12.1 Å². The summed E-state index contributed by atoms with van der Waals surface area (Å²) in [6.07, 6.45) is 3.55. The van der Waals surface area contributed by atoms with Gasteiger partial charge in [0.25, 0.3) is 0 Å². The van der Waals surface area contributed by atoms with Crippen LogP contribution in [0.15, 0.2) is 53.7 Å². The fourth-order valence-corrected chi connectivity index (χ4v) is 3.78. The zero-order chi connectivity index (χ0) is 19.5. The maximum atomic E-state index is 13.2. The van der Waals surface area contributed by atoms with Gasteiger partial charge in [-0.05, 0) is 43.0 Å². The molecular weight excluding hydrogens is 355 g/mol. The maximum absolute atomic E-state index is 13.2. The standard InChI is InChI=1S/C23H25FN2O2/c1-16-5-2-3-8-21(16)22-13-20(28-25-22)15-26(23(27)18-6-4-7-18)14-17-9-11-19(24)12-10-17/h2-3,5,8-12,18,20H,4,6-7,13-15H2,1H3/t20-/m0/s1. The van der Waals surface area contributed by atoms with Crippen molar-refractivity contribution in [1.29, 1.82) is 0 Å². The van der Waals surface area contributed by atoms with Crippen molar-refractivity contribution in [2.75, 3.05) is 6.54 Å². The molecular formula is C23H25FN2O2. The second-order valence-corrected chi connectivity index (χ2v) is 7.76. The maximum Gasteiger partial charge on any atom is 0.226 e. The van der Waals surface area contributed by atoms with Crippen LogP contribution in [0.3, 0.4) is 0 Å². The van der Waals surface area contributed by atoms with Gasteiger partial charge < -0.3 is 9.74 Å². The Morgan fingerprint density at radius 1 is 1.18 bits per heavy atom. The van der Waals surface area contributed by atoms with Crippen molar-refractivity contribution < 1.29 is 14.0 Å².